The number of carbonyl (C=O) groups is 1. The van der Waals surface area contributed by atoms with Crippen molar-refractivity contribution in [1.29, 1.82) is 0 Å². The Balaban J connectivity index is 1.82. The lowest BCUT2D eigenvalue weighted by Crippen LogP contribution is -2.41. The molecule has 120 valence electrons. The quantitative estimate of drug-likeness (QED) is 0.851. The van der Waals surface area contributed by atoms with E-state index in [-0.39, 0.29) is 5.56 Å². The fourth-order valence-electron chi connectivity index (χ4n) is 3.01. The van der Waals surface area contributed by atoms with E-state index in [9.17, 15) is 13.6 Å². The Morgan fingerprint density at radius 3 is 2.65 bits per heavy atom. The Kier molecular flexibility index (Phi) is 4.03. The summed E-state index contributed by atoms with van der Waals surface area (Å²) < 4.78 is 28.6. The molecular weight excluding hydrogens is 298 g/mol. The van der Waals surface area contributed by atoms with E-state index in [0.29, 0.717) is 12.1 Å². The minimum absolute atomic E-state index is 0.300. The van der Waals surface area contributed by atoms with E-state index in [1.807, 2.05) is 12.1 Å². The fraction of sp³-hybridized carbons (Fsp3) is 0.278. The highest BCUT2D eigenvalue weighted by atomic mass is 19.3. The van der Waals surface area contributed by atoms with Crippen molar-refractivity contribution in [3.05, 3.63) is 65.2 Å². The van der Waals surface area contributed by atoms with Crippen LogP contribution in [0, 0.1) is 0 Å². The highest BCUT2D eigenvalue weighted by molar-refractivity contribution is 5.85. The van der Waals surface area contributed by atoms with Crippen LogP contribution in [0.15, 0.2) is 48.5 Å². The number of halogens is 2. The molecule has 0 aromatic heterocycles. The molecule has 1 aliphatic carbocycles. The molecule has 0 saturated carbocycles. The van der Waals surface area contributed by atoms with Crippen molar-refractivity contribution in [2.24, 2.45) is 0 Å². The molecule has 3 rings (SSSR count). The van der Waals surface area contributed by atoms with Gasteiger partial charge in [-0.2, -0.15) is 8.78 Å². The average Bonchev–Trinajstić information content (AvgIpc) is 2.55. The van der Waals surface area contributed by atoms with E-state index in [1.54, 1.807) is 12.1 Å². The van der Waals surface area contributed by atoms with Gasteiger partial charge in [0.15, 0.2) is 0 Å². The molecule has 2 aromatic carbocycles. The average molecular weight is 316 g/mol. The molecule has 1 unspecified atom stereocenters. The molecule has 1 aliphatic rings. The maximum Gasteiger partial charge on any atom is 0.349 e. The minimum atomic E-state index is -3.55. The van der Waals surface area contributed by atoms with Crippen LogP contribution in [0.3, 0.4) is 0 Å². The number of nitrogens with one attached hydrogen (secondary N) is 1. The number of nitrogen functional groups attached to an aromatic ring is 1. The first-order chi connectivity index (χ1) is 11.0. The van der Waals surface area contributed by atoms with Crippen LogP contribution in [0.4, 0.5) is 14.5 Å². The van der Waals surface area contributed by atoms with Crippen LogP contribution in [0.25, 0.3) is 0 Å². The normalized spacial score (nSPS) is 17.4. The molecule has 23 heavy (non-hydrogen) atoms. The molecule has 0 spiro atoms. The molecule has 2 aromatic rings. The van der Waals surface area contributed by atoms with Gasteiger partial charge in [-0.1, -0.05) is 36.4 Å². The molecule has 1 amide bonds. The largest absolute Gasteiger partial charge is 0.399 e. The Morgan fingerprint density at radius 1 is 1.17 bits per heavy atom. The molecule has 3 nitrogen and oxygen atoms in total. The third kappa shape index (κ3) is 3.04. The summed E-state index contributed by atoms with van der Waals surface area (Å²) in [6, 6.07) is 12.1. The van der Waals surface area contributed by atoms with Gasteiger partial charge in [0.25, 0.3) is 5.91 Å². The first-order valence-electron chi connectivity index (χ1n) is 7.61. The smallest absolute Gasteiger partial charge is 0.349 e. The van der Waals surface area contributed by atoms with Crippen molar-refractivity contribution in [3.8, 4) is 0 Å². The van der Waals surface area contributed by atoms with Crippen LogP contribution in [-0.2, 0) is 17.1 Å². The summed E-state index contributed by atoms with van der Waals surface area (Å²) in [5.74, 6) is -4.81. The maximum atomic E-state index is 14.3. The molecule has 0 saturated heterocycles. The Labute approximate surface area is 133 Å². The Bertz CT molecular complexity index is 716. The molecular formula is C18H18F2N2O. The molecule has 0 fully saturated rings. The van der Waals surface area contributed by atoms with Crippen molar-refractivity contribution in [2.45, 2.75) is 31.2 Å². The first kappa shape index (κ1) is 15.5. The summed E-state index contributed by atoms with van der Waals surface area (Å²) >= 11 is 0. The fourth-order valence-corrected chi connectivity index (χ4v) is 3.01. The van der Waals surface area contributed by atoms with Crippen molar-refractivity contribution < 1.29 is 13.6 Å². The number of fused-ring (bicyclic) bond motifs is 1. The van der Waals surface area contributed by atoms with Crippen LogP contribution in [0.5, 0.6) is 0 Å². The zero-order chi connectivity index (χ0) is 16.4. The van der Waals surface area contributed by atoms with Crippen LogP contribution in [0.1, 0.15) is 35.6 Å². The Morgan fingerprint density at radius 2 is 1.91 bits per heavy atom. The van der Waals surface area contributed by atoms with Gasteiger partial charge in [-0.25, -0.2) is 0 Å². The van der Waals surface area contributed by atoms with Crippen molar-refractivity contribution >= 4 is 11.6 Å². The third-order valence-corrected chi connectivity index (χ3v) is 4.21. The number of anilines is 1. The van der Waals surface area contributed by atoms with E-state index in [2.05, 4.69) is 5.32 Å². The predicted molar refractivity (Wildman–Crippen MR) is 85.0 cm³/mol. The second-order valence-electron chi connectivity index (χ2n) is 5.82. The van der Waals surface area contributed by atoms with Crippen molar-refractivity contribution in [2.75, 3.05) is 5.73 Å². The summed E-state index contributed by atoms with van der Waals surface area (Å²) in [5.41, 5.74) is 8.01. The number of rotatable bonds is 3. The van der Waals surface area contributed by atoms with E-state index < -0.39 is 17.9 Å². The number of hydrogen-bond acceptors (Lipinski definition) is 2. The van der Waals surface area contributed by atoms with Gasteiger partial charge >= 0.3 is 5.92 Å². The molecule has 0 radical (unpaired) electrons. The molecule has 5 heteroatoms. The van der Waals surface area contributed by atoms with E-state index in [1.165, 1.54) is 24.3 Å². The van der Waals surface area contributed by atoms with Crippen LogP contribution in [-0.4, -0.2) is 5.91 Å². The monoisotopic (exact) mass is 316 g/mol. The number of carbonyl (C=O) groups excluding carboxylic acids is 1. The van der Waals surface area contributed by atoms with Crippen molar-refractivity contribution in [1.82, 2.24) is 5.32 Å². The highest BCUT2D eigenvalue weighted by Gasteiger charge is 2.42. The number of benzene rings is 2. The van der Waals surface area contributed by atoms with Gasteiger partial charge in [-0.05, 0) is 42.5 Å². The predicted octanol–water partition coefficient (Wildman–Crippen LogP) is 3.55. The third-order valence-electron chi connectivity index (χ3n) is 4.21. The summed E-state index contributed by atoms with van der Waals surface area (Å²) in [5, 5.41) is 2.50. The second-order valence-corrected chi connectivity index (χ2v) is 5.82. The van der Waals surface area contributed by atoms with Gasteiger partial charge in [0.05, 0.1) is 6.04 Å². The number of hydrogen-bond donors (Lipinski definition) is 2. The SMILES string of the molecule is Nc1ccc2c(c1)CCCC2NC(=O)C(F)(F)c1ccccc1. The van der Waals surface area contributed by atoms with Gasteiger partial charge in [-0.3, -0.25) is 4.79 Å². The van der Waals surface area contributed by atoms with Crippen LogP contribution >= 0.6 is 0 Å². The molecule has 0 aliphatic heterocycles. The molecule has 0 bridgehead atoms. The van der Waals surface area contributed by atoms with E-state index >= 15 is 0 Å². The van der Waals surface area contributed by atoms with Gasteiger partial charge in [0.2, 0.25) is 0 Å². The molecule has 1 atom stereocenters. The number of amides is 1. The van der Waals surface area contributed by atoms with Gasteiger partial charge in [0, 0.05) is 11.3 Å². The minimum Gasteiger partial charge on any atom is -0.399 e. The van der Waals surface area contributed by atoms with Crippen molar-refractivity contribution in [3.63, 3.8) is 0 Å². The lowest BCUT2D eigenvalue weighted by Gasteiger charge is -2.28. The number of alkyl halides is 2. The summed E-state index contributed by atoms with van der Waals surface area (Å²) in [7, 11) is 0. The van der Waals surface area contributed by atoms with E-state index in [0.717, 1.165) is 24.0 Å². The number of aryl methyl sites for hydroxylation is 1. The topological polar surface area (TPSA) is 55.1 Å². The lowest BCUT2D eigenvalue weighted by atomic mass is 9.87. The maximum absolute atomic E-state index is 14.3. The van der Waals surface area contributed by atoms with Gasteiger partial charge in [0.1, 0.15) is 0 Å². The van der Waals surface area contributed by atoms with Gasteiger partial charge < -0.3 is 11.1 Å². The summed E-state index contributed by atoms with van der Waals surface area (Å²) in [6.07, 6.45) is 2.33. The standard InChI is InChI=1S/C18H18F2N2O/c19-18(20,13-6-2-1-3-7-13)17(23)22-16-8-4-5-12-11-14(21)9-10-15(12)16/h1-3,6-7,9-11,16H,4-5,8,21H2,(H,22,23). The van der Waals surface area contributed by atoms with Crippen LogP contribution < -0.4 is 11.1 Å². The lowest BCUT2D eigenvalue weighted by molar-refractivity contribution is -0.148. The van der Waals surface area contributed by atoms with Gasteiger partial charge in [-0.15, -0.1) is 0 Å². The van der Waals surface area contributed by atoms with Crippen LogP contribution in [0.2, 0.25) is 0 Å². The zero-order valence-corrected chi connectivity index (χ0v) is 12.6. The molecule has 3 N–H and O–H groups in total. The first-order valence-corrected chi connectivity index (χ1v) is 7.61. The zero-order valence-electron chi connectivity index (χ0n) is 12.6. The summed E-state index contributed by atoms with van der Waals surface area (Å²) in [4.78, 5) is 12.1. The second kappa shape index (κ2) is 5.99. The Hall–Kier alpha value is -2.43. The van der Waals surface area contributed by atoms with E-state index in [4.69, 9.17) is 5.73 Å². The highest BCUT2D eigenvalue weighted by Crippen LogP contribution is 2.34. The number of nitrogens with two attached hydrogens (primary N) is 1. The molecule has 0 heterocycles. The summed E-state index contributed by atoms with van der Waals surface area (Å²) in [6.45, 7) is 0.